The molecule has 2 amide bonds. The van der Waals surface area contributed by atoms with Gasteiger partial charge in [-0.15, -0.1) is 11.3 Å². The van der Waals surface area contributed by atoms with E-state index in [2.05, 4.69) is 15.6 Å². The zero-order valence-corrected chi connectivity index (χ0v) is 16.3. The average molecular weight is 392 g/mol. The van der Waals surface area contributed by atoms with Crippen LogP contribution in [0, 0.1) is 6.92 Å². The maximum Gasteiger partial charge on any atom is 0.257 e. The molecule has 3 rings (SSSR count). The molecule has 9 heteroatoms. The number of hydrogen-bond donors (Lipinski definition) is 2. The fourth-order valence-corrected chi connectivity index (χ4v) is 3.83. The van der Waals surface area contributed by atoms with Crippen LogP contribution in [0.15, 0.2) is 28.3 Å². The number of anilines is 1. The van der Waals surface area contributed by atoms with Gasteiger partial charge in [-0.25, -0.2) is 4.98 Å². The van der Waals surface area contributed by atoms with Crippen LogP contribution in [0.4, 0.5) is 5.13 Å². The number of aryl methyl sites for hydroxylation is 1. The number of nitrogens with one attached hydrogen (secondary N) is 2. The molecule has 1 saturated heterocycles. The molecule has 0 radical (unpaired) electrons. The van der Waals surface area contributed by atoms with Gasteiger partial charge in [0.1, 0.15) is 11.3 Å². The van der Waals surface area contributed by atoms with Gasteiger partial charge < -0.3 is 24.7 Å². The number of furan rings is 1. The van der Waals surface area contributed by atoms with Crippen molar-refractivity contribution >= 4 is 28.3 Å². The number of methoxy groups -OCH3 is 1. The SMILES string of the molecule is COCCNC(=O)C1(Nc2nccs2)CCN(C(=O)c2ccoc2C)CC1. The van der Waals surface area contributed by atoms with Gasteiger partial charge in [-0.2, -0.15) is 0 Å². The van der Waals surface area contributed by atoms with Crippen LogP contribution in [-0.4, -0.2) is 60.6 Å². The molecule has 2 N–H and O–H groups in total. The number of amides is 2. The summed E-state index contributed by atoms with van der Waals surface area (Å²) in [4.78, 5) is 31.6. The summed E-state index contributed by atoms with van der Waals surface area (Å²) in [6, 6.07) is 1.69. The molecule has 3 heterocycles. The monoisotopic (exact) mass is 392 g/mol. The van der Waals surface area contributed by atoms with E-state index >= 15 is 0 Å². The van der Waals surface area contributed by atoms with Gasteiger partial charge in [0.05, 0.1) is 18.4 Å². The molecule has 146 valence electrons. The number of hydrogen-bond acceptors (Lipinski definition) is 7. The van der Waals surface area contributed by atoms with E-state index in [-0.39, 0.29) is 11.8 Å². The lowest BCUT2D eigenvalue weighted by atomic mass is 9.86. The number of rotatable bonds is 7. The number of ether oxygens (including phenoxy) is 1. The molecule has 2 aromatic heterocycles. The van der Waals surface area contributed by atoms with E-state index in [4.69, 9.17) is 9.15 Å². The van der Waals surface area contributed by atoms with Crippen molar-refractivity contribution in [1.29, 1.82) is 0 Å². The summed E-state index contributed by atoms with van der Waals surface area (Å²) >= 11 is 1.45. The maximum absolute atomic E-state index is 12.9. The lowest BCUT2D eigenvalue weighted by Crippen LogP contribution is -2.59. The summed E-state index contributed by atoms with van der Waals surface area (Å²) in [5.74, 6) is 0.445. The van der Waals surface area contributed by atoms with E-state index in [1.54, 1.807) is 31.2 Å². The van der Waals surface area contributed by atoms with Gasteiger partial charge in [-0.3, -0.25) is 9.59 Å². The highest BCUT2D eigenvalue weighted by atomic mass is 32.1. The minimum absolute atomic E-state index is 0.0658. The van der Waals surface area contributed by atoms with Crippen LogP contribution in [-0.2, 0) is 9.53 Å². The highest BCUT2D eigenvalue weighted by Gasteiger charge is 2.43. The predicted octanol–water partition coefficient (Wildman–Crippen LogP) is 1.89. The summed E-state index contributed by atoms with van der Waals surface area (Å²) in [5, 5.41) is 8.78. The molecule has 0 spiro atoms. The van der Waals surface area contributed by atoms with Crippen molar-refractivity contribution in [3.05, 3.63) is 35.2 Å². The van der Waals surface area contributed by atoms with Gasteiger partial charge in [0.15, 0.2) is 5.13 Å². The number of piperidine rings is 1. The fourth-order valence-electron chi connectivity index (χ4n) is 3.20. The Morgan fingerprint density at radius 1 is 1.41 bits per heavy atom. The zero-order valence-electron chi connectivity index (χ0n) is 15.5. The van der Waals surface area contributed by atoms with Gasteiger partial charge in [0.25, 0.3) is 5.91 Å². The molecule has 0 aromatic carbocycles. The highest BCUT2D eigenvalue weighted by molar-refractivity contribution is 7.13. The van der Waals surface area contributed by atoms with Crippen molar-refractivity contribution in [1.82, 2.24) is 15.2 Å². The number of nitrogens with zero attached hydrogens (tertiary/aromatic N) is 2. The Hall–Kier alpha value is -2.39. The molecule has 1 aliphatic heterocycles. The molecule has 0 saturated carbocycles. The predicted molar refractivity (Wildman–Crippen MR) is 102 cm³/mol. The molecule has 0 unspecified atom stereocenters. The van der Waals surface area contributed by atoms with Gasteiger partial charge >= 0.3 is 0 Å². The smallest absolute Gasteiger partial charge is 0.257 e. The molecule has 8 nitrogen and oxygen atoms in total. The van der Waals surface area contributed by atoms with Crippen LogP contribution in [0.2, 0.25) is 0 Å². The van der Waals surface area contributed by atoms with E-state index < -0.39 is 5.54 Å². The minimum atomic E-state index is -0.798. The van der Waals surface area contributed by atoms with Crippen LogP contribution in [0.1, 0.15) is 29.0 Å². The number of aromatic nitrogens is 1. The lowest BCUT2D eigenvalue weighted by Gasteiger charge is -2.41. The Morgan fingerprint density at radius 2 is 2.19 bits per heavy atom. The third-order valence-corrected chi connectivity index (χ3v) is 5.49. The Labute approximate surface area is 161 Å². The number of thiazole rings is 1. The Balaban J connectivity index is 1.70. The summed E-state index contributed by atoms with van der Waals surface area (Å²) in [6.07, 6.45) is 4.20. The second-order valence-corrected chi connectivity index (χ2v) is 7.37. The standard InChI is InChI=1S/C18H24N4O4S/c1-13-14(3-10-26-13)15(23)22-8-4-18(5-9-22,16(24)19-6-11-25-2)21-17-20-7-12-27-17/h3,7,10,12H,4-6,8-9,11H2,1-2H3,(H,19,24)(H,20,21). The summed E-state index contributed by atoms with van der Waals surface area (Å²) < 4.78 is 10.3. The Kier molecular flexibility index (Phi) is 6.12. The quantitative estimate of drug-likeness (QED) is 0.699. The van der Waals surface area contributed by atoms with E-state index in [1.165, 1.54) is 17.6 Å². The van der Waals surface area contributed by atoms with Crippen LogP contribution in [0.3, 0.4) is 0 Å². The third-order valence-electron chi connectivity index (χ3n) is 4.80. The highest BCUT2D eigenvalue weighted by Crippen LogP contribution is 2.29. The first-order valence-electron chi connectivity index (χ1n) is 8.84. The first-order valence-corrected chi connectivity index (χ1v) is 9.72. The van der Waals surface area contributed by atoms with Crippen molar-refractivity contribution < 1.29 is 18.7 Å². The van der Waals surface area contributed by atoms with E-state index in [9.17, 15) is 9.59 Å². The normalized spacial score (nSPS) is 16.1. The van der Waals surface area contributed by atoms with Gasteiger partial charge in [-0.05, 0) is 25.8 Å². The third kappa shape index (κ3) is 4.30. The summed E-state index contributed by atoms with van der Waals surface area (Å²) in [7, 11) is 1.59. The lowest BCUT2D eigenvalue weighted by molar-refractivity contribution is -0.127. The summed E-state index contributed by atoms with van der Waals surface area (Å²) in [5.41, 5.74) is -0.228. The molecule has 0 bridgehead atoms. The van der Waals surface area contributed by atoms with Crippen molar-refractivity contribution in [3.8, 4) is 0 Å². The minimum Gasteiger partial charge on any atom is -0.469 e. The number of likely N-dealkylation sites (tertiary alicyclic amines) is 1. The van der Waals surface area contributed by atoms with Gasteiger partial charge in [-0.1, -0.05) is 0 Å². The second-order valence-electron chi connectivity index (χ2n) is 6.48. The number of carbonyl (C=O) groups excluding carboxylic acids is 2. The molecule has 0 aliphatic carbocycles. The van der Waals surface area contributed by atoms with Crippen molar-refractivity contribution in [2.75, 3.05) is 38.7 Å². The molecule has 1 fully saturated rings. The Morgan fingerprint density at radius 3 is 2.78 bits per heavy atom. The summed E-state index contributed by atoms with van der Waals surface area (Å²) in [6.45, 7) is 3.60. The molecule has 1 aliphatic rings. The first-order chi connectivity index (χ1) is 13.1. The van der Waals surface area contributed by atoms with Gasteiger partial charge in [0, 0.05) is 38.3 Å². The van der Waals surface area contributed by atoms with E-state index in [0.29, 0.717) is 55.5 Å². The maximum atomic E-state index is 12.9. The van der Waals surface area contributed by atoms with Gasteiger partial charge in [0.2, 0.25) is 5.91 Å². The fraction of sp³-hybridized carbons (Fsp3) is 0.500. The van der Waals surface area contributed by atoms with Crippen LogP contribution in [0.5, 0.6) is 0 Å². The molecule has 2 aromatic rings. The zero-order chi connectivity index (χ0) is 19.3. The van der Waals surface area contributed by atoms with Crippen LogP contribution < -0.4 is 10.6 Å². The van der Waals surface area contributed by atoms with Crippen LogP contribution in [0.25, 0.3) is 0 Å². The second kappa shape index (κ2) is 8.53. The van der Waals surface area contributed by atoms with Crippen molar-refractivity contribution in [2.24, 2.45) is 0 Å². The topological polar surface area (TPSA) is 96.7 Å². The van der Waals surface area contributed by atoms with Crippen molar-refractivity contribution in [2.45, 2.75) is 25.3 Å². The van der Waals surface area contributed by atoms with E-state index in [0.717, 1.165) is 0 Å². The molecule has 0 atom stereocenters. The van der Waals surface area contributed by atoms with E-state index in [1.807, 2.05) is 5.38 Å². The van der Waals surface area contributed by atoms with Crippen LogP contribution >= 0.6 is 11.3 Å². The number of carbonyl (C=O) groups is 2. The average Bonchev–Trinajstić information content (AvgIpc) is 3.33. The Bertz CT molecular complexity index is 766. The molecule has 27 heavy (non-hydrogen) atoms. The first kappa shape index (κ1) is 19.4. The molecular formula is C18H24N4O4S. The molecular weight excluding hydrogens is 368 g/mol. The van der Waals surface area contributed by atoms with Crippen molar-refractivity contribution in [3.63, 3.8) is 0 Å². The largest absolute Gasteiger partial charge is 0.469 e.